The first-order valence-corrected chi connectivity index (χ1v) is 7.07. The summed E-state index contributed by atoms with van der Waals surface area (Å²) in [4.78, 5) is 10.5. The van der Waals surface area contributed by atoms with Gasteiger partial charge in [0.1, 0.15) is 15.9 Å². The van der Waals surface area contributed by atoms with Crippen LogP contribution >= 0.6 is 11.7 Å². The van der Waals surface area contributed by atoms with Gasteiger partial charge in [-0.05, 0) is 19.1 Å². The number of carboxylic acid groups (broad SMARTS) is 1. The summed E-state index contributed by atoms with van der Waals surface area (Å²) in [5, 5.41) is 10.6. The Bertz CT molecular complexity index is 695. The fraction of sp³-hybridized carbons (Fsp3) is 0.222. The van der Waals surface area contributed by atoms with E-state index >= 15 is 0 Å². The second kappa shape index (κ2) is 4.59. The number of carboxylic acids is 1. The van der Waals surface area contributed by atoms with Gasteiger partial charge >= 0.3 is 0 Å². The molecule has 0 spiro atoms. The van der Waals surface area contributed by atoms with Gasteiger partial charge in [0.05, 0.1) is 23.7 Å². The summed E-state index contributed by atoms with van der Waals surface area (Å²) < 4.78 is 33.8. The Morgan fingerprint density at radius 2 is 2.17 bits per heavy atom. The van der Waals surface area contributed by atoms with Crippen molar-refractivity contribution in [3.8, 4) is 0 Å². The monoisotopic (exact) mass is 286 g/mol. The van der Waals surface area contributed by atoms with Crippen molar-refractivity contribution in [1.82, 2.24) is 13.5 Å². The van der Waals surface area contributed by atoms with Crippen LogP contribution in [0.3, 0.4) is 0 Å². The van der Waals surface area contributed by atoms with Crippen LogP contribution in [0.4, 0.5) is 0 Å². The van der Waals surface area contributed by atoms with Gasteiger partial charge in [-0.3, -0.25) is 0 Å². The van der Waals surface area contributed by atoms with Crippen molar-refractivity contribution in [3.05, 3.63) is 18.2 Å². The van der Waals surface area contributed by atoms with Gasteiger partial charge in [0.15, 0.2) is 0 Å². The van der Waals surface area contributed by atoms with Crippen LogP contribution in [0.25, 0.3) is 11.0 Å². The first kappa shape index (κ1) is 12.9. The molecule has 1 aromatic heterocycles. The topological polar surface area (TPSA) is 112 Å². The van der Waals surface area contributed by atoms with E-state index in [1.54, 1.807) is 6.07 Å². The summed E-state index contributed by atoms with van der Waals surface area (Å²) in [6.45, 7) is 1.19. The number of sulfonamides is 1. The van der Waals surface area contributed by atoms with E-state index in [1.807, 2.05) is 4.72 Å². The maximum absolute atomic E-state index is 12.0. The Balaban J connectivity index is 2.47. The van der Waals surface area contributed by atoms with Crippen LogP contribution in [0.1, 0.15) is 6.92 Å². The molecule has 1 atom stereocenters. The smallest absolute Gasteiger partial charge is 0.243 e. The number of carbonyl (C=O) groups is 1. The van der Waals surface area contributed by atoms with Crippen molar-refractivity contribution >= 4 is 38.8 Å². The fourth-order valence-electron chi connectivity index (χ4n) is 1.34. The minimum atomic E-state index is -3.97. The molecule has 9 heteroatoms. The summed E-state index contributed by atoms with van der Waals surface area (Å²) in [5.74, 6) is -1.50. The zero-order valence-electron chi connectivity index (χ0n) is 9.15. The van der Waals surface area contributed by atoms with Crippen molar-refractivity contribution in [2.75, 3.05) is 0 Å². The summed E-state index contributed by atoms with van der Waals surface area (Å²) in [5.41, 5.74) is 0.671. The van der Waals surface area contributed by atoms with Gasteiger partial charge in [0.25, 0.3) is 0 Å². The van der Waals surface area contributed by atoms with E-state index in [0.29, 0.717) is 5.52 Å². The summed E-state index contributed by atoms with van der Waals surface area (Å²) >= 11 is 0.887. The molecule has 0 aliphatic rings. The van der Waals surface area contributed by atoms with Crippen molar-refractivity contribution in [1.29, 1.82) is 0 Å². The summed E-state index contributed by atoms with van der Waals surface area (Å²) in [7, 11) is -3.97. The third-order valence-electron chi connectivity index (χ3n) is 2.22. The largest absolute Gasteiger partial charge is 0.548 e. The first-order chi connectivity index (χ1) is 8.42. The molecule has 2 aromatic rings. The Morgan fingerprint density at radius 1 is 1.44 bits per heavy atom. The average Bonchev–Trinajstić information content (AvgIpc) is 2.75. The molecule has 0 fully saturated rings. The standard InChI is InChI=1S/C9H9N3O4S2/c1-5(9(13)14)12-18(15,16)7-4-2-3-6-8(7)11-17-10-6/h2-5,12H,1H3,(H,13,14)/p-1/t5-/m1/s1. The second-order valence-corrected chi connectivity index (χ2v) is 5.76. The number of nitrogens with zero attached hydrogens (tertiary/aromatic N) is 2. The maximum atomic E-state index is 12.0. The van der Waals surface area contributed by atoms with Crippen LogP contribution in [0.2, 0.25) is 0 Å². The molecule has 0 saturated heterocycles. The van der Waals surface area contributed by atoms with Crippen molar-refractivity contribution in [2.24, 2.45) is 0 Å². The Kier molecular flexibility index (Phi) is 3.28. The molecule has 7 nitrogen and oxygen atoms in total. The highest BCUT2D eigenvalue weighted by molar-refractivity contribution is 7.89. The molecule has 1 aromatic carbocycles. The van der Waals surface area contributed by atoms with Crippen LogP contribution in [0.5, 0.6) is 0 Å². The number of rotatable bonds is 4. The number of hydrogen-bond donors (Lipinski definition) is 1. The number of fused-ring (bicyclic) bond motifs is 1. The minimum Gasteiger partial charge on any atom is -0.548 e. The molecule has 0 saturated carbocycles. The summed E-state index contributed by atoms with van der Waals surface area (Å²) in [6.07, 6.45) is 0. The number of carbonyl (C=O) groups excluding carboxylic acids is 1. The van der Waals surface area contributed by atoms with Gasteiger partial charge in [0, 0.05) is 0 Å². The van der Waals surface area contributed by atoms with Gasteiger partial charge in [-0.1, -0.05) is 6.07 Å². The molecule has 0 amide bonds. The second-order valence-electron chi connectivity index (χ2n) is 3.55. The molecular formula is C9H8N3O4S2-. The van der Waals surface area contributed by atoms with Gasteiger partial charge in [-0.25, -0.2) is 13.1 Å². The lowest BCUT2D eigenvalue weighted by molar-refractivity contribution is -0.307. The van der Waals surface area contributed by atoms with E-state index in [-0.39, 0.29) is 10.4 Å². The predicted octanol–water partition coefficient (Wildman–Crippen LogP) is -0.892. The molecule has 1 N–H and O–H groups in total. The molecular weight excluding hydrogens is 278 g/mol. The maximum Gasteiger partial charge on any atom is 0.243 e. The van der Waals surface area contributed by atoms with E-state index in [1.165, 1.54) is 19.1 Å². The lowest BCUT2D eigenvalue weighted by Gasteiger charge is -2.14. The number of benzene rings is 1. The first-order valence-electron chi connectivity index (χ1n) is 4.86. The lowest BCUT2D eigenvalue weighted by Crippen LogP contribution is -2.45. The predicted molar refractivity (Wildman–Crippen MR) is 62.2 cm³/mol. The summed E-state index contributed by atoms with van der Waals surface area (Å²) in [6, 6.07) is 3.16. The van der Waals surface area contributed by atoms with Crippen LogP contribution in [0, 0.1) is 0 Å². The van der Waals surface area contributed by atoms with E-state index in [9.17, 15) is 18.3 Å². The van der Waals surface area contributed by atoms with Crippen LogP contribution in [0.15, 0.2) is 23.1 Å². The molecule has 1 heterocycles. The van der Waals surface area contributed by atoms with Gasteiger partial charge in [-0.2, -0.15) is 8.75 Å². The van der Waals surface area contributed by atoms with Crippen molar-refractivity contribution < 1.29 is 18.3 Å². The van der Waals surface area contributed by atoms with E-state index in [4.69, 9.17) is 0 Å². The quantitative estimate of drug-likeness (QED) is 0.780. The highest BCUT2D eigenvalue weighted by atomic mass is 32.2. The van der Waals surface area contributed by atoms with Crippen LogP contribution < -0.4 is 9.83 Å². The number of nitrogens with one attached hydrogen (secondary N) is 1. The molecule has 2 rings (SSSR count). The highest BCUT2D eigenvalue weighted by Crippen LogP contribution is 2.20. The van der Waals surface area contributed by atoms with Gasteiger partial charge < -0.3 is 9.90 Å². The molecule has 0 unspecified atom stereocenters. The number of aliphatic carboxylic acids is 1. The average molecular weight is 286 g/mol. The van der Waals surface area contributed by atoms with Gasteiger partial charge in [-0.15, -0.1) is 0 Å². The normalized spacial score (nSPS) is 13.6. The van der Waals surface area contributed by atoms with Crippen molar-refractivity contribution in [2.45, 2.75) is 17.9 Å². The SMILES string of the molecule is C[C@@H](NS(=O)(=O)c1cccc2nsnc12)C(=O)[O-]. The zero-order chi connectivity index (χ0) is 13.3. The Hall–Kier alpha value is -1.58. The van der Waals surface area contributed by atoms with E-state index < -0.39 is 22.0 Å². The highest BCUT2D eigenvalue weighted by Gasteiger charge is 2.21. The minimum absolute atomic E-state index is 0.0955. The van der Waals surface area contributed by atoms with Crippen molar-refractivity contribution in [3.63, 3.8) is 0 Å². The molecule has 0 aliphatic carbocycles. The van der Waals surface area contributed by atoms with E-state index in [0.717, 1.165) is 11.7 Å². The number of hydrogen-bond acceptors (Lipinski definition) is 7. The van der Waals surface area contributed by atoms with Crippen LogP contribution in [-0.4, -0.2) is 29.2 Å². The van der Waals surface area contributed by atoms with E-state index in [2.05, 4.69) is 8.75 Å². The van der Waals surface area contributed by atoms with Crippen LogP contribution in [-0.2, 0) is 14.8 Å². The molecule has 96 valence electrons. The number of aromatic nitrogens is 2. The zero-order valence-corrected chi connectivity index (χ0v) is 10.8. The molecule has 18 heavy (non-hydrogen) atoms. The Labute approximate surface area is 107 Å². The van der Waals surface area contributed by atoms with Gasteiger partial charge in [0.2, 0.25) is 10.0 Å². The third-order valence-corrected chi connectivity index (χ3v) is 4.34. The molecule has 0 bridgehead atoms. The third kappa shape index (κ3) is 2.33. The molecule has 0 aliphatic heterocycles. The lowest BCUT2D eigenvalue weighted by atomic mass is 10.3. The molecule has 0 radical (unpaired) electrons. The fourth-order valence-corrected chi connectivity index (χ4v) is 3.30. The Morgan fingerprint density at radius 3 is 2.83 bits per heavy atom.